The summed E-state index contributed by atoms with van der Waals surface area (Å²) < 4.78 is 5.14. The lowest BCUT2D eigenvalue weighted by atomic mass is 10.2. The first-order valence-electron chi connectivity index (χ1n) is 5.82. The molecule has 1 heterocycles. The van der Waals surface area contributed by atoms with Gasteiger partial charge in [-0.15, -0.1) is 0 Å². The highest BCUT2D eigenvalue weighted by atomic mass is 32.2. The Hall–Kier alpha value is -0.670. The van der Waals surface area contributed by atoms with Crippen LogP contribution in [-0.2, 0) is 5.75 Å². The predicted octanol–water partition coefficient (Wildman–Crippen LogP) is 2.68. The van der Waals surface area contributed by atoms with Gasteiger partial charge in [-0.05, 0) is 37.1 Å². The smallest absolute Gasteiger partial charge is 0.118 e. The van der Waals surface area contributed by atoms with Gasteiger partial charge in [0.05, 0.1) is 7.11 Å². The first-order valence-corrected chi connectivity index (χ1v) is 6.98. The summed E-state index contributed by atoms with van der Waals surface area (Å²) in [5, 5.41) is 3.52. The van der Waals surface area contributed by atoms with Crippen molar-refractivity contribution < 1.29 is 4.74 Å². The summed E-state index contributed by atoms with van der Waals surface area (Å²) in [5.41, 5.74) is 1.38. The molecule has 2 rings (SSSR count). The van der Waals surface area contributed by atoms with E-state index in [2.05, 4.69) is 17.4 Å². The highest BCUT2D eigenvalue weighted by molar-refractivity contribution is 7.98. The van der Waals surface area contributed by atoms with E-state index in [1.807, 2.05) is 23.9 Å². The number of thioether (sulfide) groups is 1. The van der Waals surface area contributed by atoms with Crippen LogP contribution >= 0.6 is 11.8 Å². The molecular formula is C13H19NOS. The van der Waals surface area contributed by atoms with Crippen LogP contribution in [0, 0.1) is 0 Å². The minimum absolute atomic E-state index is 0.739. The van der Waals surface area contributed by atoms with Crippen molar-refractivity contribution in [3.8, 4) is 5.75 Å². The molecule has 0 radical (unpaired) electrons. The summed E-state index contributed by atoms with van der Waals surface area (Å²) >= 11 is 2.01. The lowest BCUT2D eigenvalue weighted by molar-refractivity contribution is 0.414. The molecule has 3 heteroatoms. The number of nitrogens with one attached hydrogen (secondary N) is 1. The van der Waals surface area contributed by atoms with Crippen molar-refractivity contribution in [2.75, 3.05) is 19.4 Å². The monoisotopic (exact) mass is 237 g/mol. The largest absolute Gasteiger partial charge is 0.497 e. The summed E-state index contributed by atoms with van der Waals surface area (Å²) in [7, 11) is 1.70. The van der Waals surface area contributed by atoms with Crippen molar-refractivity contribution in [2.45, 2.75) is 24.6 Å². The molecule has 2 nitrogen and oxygen atoms in total. The van der Waals surface area contributed by atoms with Crippen molar-refractivity contribution >= 4 is 11.8 Å². The fourth-order valence-electron chi connectivity index (χ4n) is 1.94. The minimum atomic E-state index is 0.739. The van der Waals surface area contributed by atoms with Gasteiger partial charge < -0.3 is 10.1 Å². The van der Waals surface area contributed by atoms with Crippen LogP contribution in [0.3, 0.4) is 0 Å². The topological polar surface area (TPSA) is 21.3 Å². The number of rotatable bonds is 5. The summed E-state index contributed by atoms with van der Waals surface area (Å²) in [6, 6.07) is 9.10. The highest BCUT2D eigenvalue weighted by Gasteiger charge is 2.13. The summed E-state index contributed by atoms with van der Waals surface area (Å²) in [5.74, 6) is 3.26. The highest BCUT2D eigenvalue weighted by Crippen LogP contribution is 2.19. The van der Waals surface area contributed by atoms with Gasteiger partial charge in [-0.2, -0.15) is 11.8 Å². The maximum absolute atomic E-state index is 5.14. The fourth-order valence-corrected chi connectivity index (χ4v) is 3.05. The molecule has 1 unspecified atom stereocenters. The Labute approximate surface area is 102 Å². The van der Waals surface area contributed by atoms with Crippen molar-refractivity contribution in [3.05, 3.63) is 29.8 Å². The molecule has 0 spiro atoms. The Balaban J connectivity index is 1.71. The van der Waals surface area contributed by atoms with Gasteiger partial charge in [0.2, 0.25) is 0 Å². The van der Waals surface area contributed by atoms with Crippen molar-refractivity contribution in [1.29, 1.82) is 0 Å². The molecule has 1 aromatic carbocycles. The summed E-state index contributed by atoms with van der Waals surface area (Å²) in [4.78, 5) is 0. The normalized spacial score (nSPS) is 19.9. The van der Waals surface area contributed by atoms with Gasteiger partial charge in [0.25, 0.3) is 0 Å². The number of methoxy groups -OCH3 is 1. The Morgan fingerprint density at radius 1 is 1.38 bits per heavy atom. The molecule has 1 aliphatic rings. The van der Waals surface area contributed by atoms with Crippen LogP contribution < -0.4 is 10.1 Å². The molecule has 0 bridgehead atoms. The van der Waals surface area contributed by atoms with E-state index in [1.54, 1.807) is 7.11 Å². The van der Waals surface area contributed by atoms with E-state index in [4.69, 9.17) is 4.74 Å². The SMILES string of the molecule is COc1ccc(CSCC2CCCN2)cc1. The molecule has 88 valence electrons. The van der Waals surface area contributed by atoms with Crippen LogP contribution in [-0.4, -0.2) is 25.4 Å². The van der Waals surface area contributed by atoms with Gasteiger partial charge >= 0.3 is 0 Å². The van der Waals surface area contributed by atoms with Crippen LogP contribution in [0.5, 0.6) is 5.75 Å². The van der Waals surface area contributed by atoms with E-state index in [0.717, 1.165) is 17.5 Å². The van der Waals surface area contributed by atoms with Crippen molar-refractivity contribution in [1.82, 2.24) is 5.32 Å². The average Bonchev–Trinajstić information content (AvgIpc) is 2.83. The van der Waals surface area contributed by atoms with Gasteiger partial charge in [0.15, 0.2) is 0 Å². The quantitative estimate of drug-likeness (QED) is 0.850. The maximum Gasteiger partial charge on any atom is 0.118 e. The zero-order valence-corrected chi connectivity index (χ0v) is 10.6. The van der Waals surface area contributed by atoms with Crippen LogP contribution in [0.2, 0.25) is 0 Å². The summed E-state index contributed by atoms with van der Waals surface area (Å²) in [6.07, 6.45) is 2.68. The van der Waals surface area contributed by atoms with E-state index in [1.165, 1.54) is 30.7 Å². The number of ether oxygens (including phenoxy) is 1. The van der Waals surface area contributed by atoms with Gasteiger partial charge in [0.1, 0.15) is 5.75 Å². The molecule has 1 aliphatic heterocycles. The third-order valence-electron chi connectivity index (χ3n) is 2.91. The fraction of sp³-hybridized carbons (Fsp3) is 0.538. The molecule has 1 N–H and O–H groups in total. The van der Waals surface area contributed by atoms with E-state index in [-0.39, 0.29) is 0 Å². The third kappa shape index (κ3) is 3.42. The van der Waals surface area contributed by atoms with Gasteiger partial charge in [-0.1, -0.05) is 12.1 Å². The lowest BCUT2D eigenvalue weighted by Crippen LogP contribution is -2.23. The Bertz CT molecular complexity index is 306. The van der Waals surface area contributed by atoms with E-state index in [0.29, 0.717) is 0 Å². The van der Waals surface area contributed by atoms with Crippen LogP contribution in [0.4, 0.5) is 0 Å². The molecule has 16 heavy (non-hydrogen) atoms. The zero-order valence-electron chi connectivity index (χ0n) is 9.74. The minimum Gasteiger partial charge on any atom is -0.497 e. The Morgan fingerprint density at radius 2 is 2.19 bits per heavy atom. The molecule has 0 aliphatic carbocycles. The average molecular weight is 237 g/mol. The van der Waals surface area contributed by atoms with Crippen molar-refractivity contribution in [2.24, 2.45) is 0 Å². The van der Waals surface area contributed by atoms with Crippen LogP contribution in [0.25, 0.3) is 0 Å². The van der Waals surface area contributed by atoms with Crippen molar-refractivity contribution in [3.63, 3.8) is 0 Å². The molecule has 1 aromatic rings. The molecule has 1 atom stereocenters. The first kappa shape index (κ1) is 11.8. The van der Waals surface area contributed by atoms with E-state index in [9.17, 15) is 0 Å². The Morgan fingerprint density at radius 3 is 2.81 bits per heavy atom. The van der Waals surface area contributed by atoms with Crippen LogP contribution in [0.1, 0.15) is 18.4 Å². The second kappa shape index (κ2) is 6.16. The Kier molecular flexibility index (Phi) is 4.55. The molecule has 0 saturated carbocycles. The first-order chi connectivity index (χ1) is 7.88. The molecule has 1 saturated heterocycles. The number of hydrogen-bond donors (Lipinski definition) is 1. The predicted molar refractivity (Wildman–Crippen MR) is 70.2 cm³/mol. The lowest BCUT2D eigenvalue weighted by Gasteiger charge is -2.09. The van der Waals surface area contributed by atoms with Gasteiger partial charge in [-0.25, -0.2) is 0 Å². The zero-order chi connectivity index (χ0) is 11.2. The number of hydrogen-bond acceptors (Lipinski definition) is 3. The molecule has 0 aromatic heterocycles. The second-order valence-corrected chi connectivity index (χ2v) is 5.19. The van der Waals surface area contributed by atoms with E-state index >= 15 is 0 Å². The molecule has 1 fully saturated rings. The van der Waals surface area contributed by atoms with Crippen LogP contribution in [0.15, 0.2) is 24.3 Å². The second-order valence-electron chi connectivity index (χ2n) is 4.16. The maximum atomic E-state index is 5.14. The molecule has 0 amide bonds. The standard InChI is InChI=1S/C13H19NOS/c1-15-13-6-4-11(5-7-13)9-16-10-12-3-2-8-14-12/h4-7,12,14H,2-3,8-10H2,1H3. The molecular weight excluding hydrogens is 218 g/mol. The van der Waals surface area contributed by atoms with Gasteiger partial charge in [0, 0.05) is 17.5 Å². The van der Waals surface area contributed by atoms with Gasteiger partial charge in [-0.3, -0.25) is 0 Å². The third-order valence-corrected chi connectivity index (χ3v) is 4.08. The summed E-state index contributed by atoms with van der Waals surface area (Å²) in [6.45, 7) is 1.20. The number of benzene rings is 1. The van der Waals surface area contributed by atoms with E-state index < -0.39 is 0 Å².